The summed E-state index contributed by atoms with van der Waals surface area (Å²) >= 11 is 1.14. The number of hydrogen-bond acceptors (Lipinski definition) is 4. The number of nitrogens with one attached hydrogen (secondary N) is 1. The topological polar surface area (TPSA) is 86.7 Å². The van der Waals surface area contributed by atoms with E-state index in [9.17, 15) is 14.4 Å². The summed E-state index contributed by atoms with van der Waals surface area (Å²) in [5.74, 6) is -1.06. The Morgan fingerprint density at radius 1 is 1.21 bits per heavy atom. The van der Waals surface area contributed by atoms with E-state index in [0.29, 0.717) is 23.4 Å². The molecule has 0 saturated carbocycles. The molecule has 1 unspecified atom stereocenters. The normalized spacial score (nSPS) is 14.8. The molecule has 2 aromatic carbocycles. The van der Waals surface area contributed by atoms with Gasteiger partial charge in [0.15, 0.2) is 0 Å². The summed E-state index contributed by atoms with van der Waals surface area (Å²) < 4.78 is 0. The quantitative estimate of drug-likeness (QED) is 0.699. The summed E-state index contributed by atoms with van der Waals surface area (Å²) in [5, 5.41) is 11.3. The van der Waals surface area contributed by atoms with Crippen LogP contribution < -0.4 is 10.2 Å². The Hall–Kier alpha value is -2.80. The van der Waals surface area contributed by atoms with E-state index in [2.05, 4.69) is 5.32 Å². The van der Waals surface area contributed by atoms with Gasteiger partial charge in [0.05, 0.1) is 5.56 Å². The minimum absolute atomic E-state index is 0.125. The molecule has 2 N–H and O–H groups in total. The highest BCUT2D eigenvalue weighted by Gasteiger charge is 2.22. The molecule has 0 aromatic heterocycles. The number of anilines is 1. The molecule has 6 nitrogen and oxygen atoms in total. The second-order valence-corrected chi connectivity index (χ2v) is 7.98. The van der Waals surface area contributed by atoms with Crippen LogP contribution in [0.2, 0.25) is 0 Å². The molecule has 0 bridgehead atoms. The van der Waals surface area contributed by atoms with Crippen LogP contribution in [0.1, 0.15) is 35.7 Å². The first-order chi connectivity index (χ1) is 13.5. The van der Waals surface area contributed by atoms with E-state index in [4.69, 9.17) is 5.11 Å². The van der Waals surface area contributed by atoms with E-state index in [1.165, 1.54) is 0 Å². The van der Waals surface area contributed by atoms with Crippen LogP contribution in [0.5, 0.6) is 0 Å². The number of rotatable bonds is 7. The Labute approximate surface area is 167 Å². The fourth-order valence-corrected chi connectivity index (χ4v) is 3.96. The van der Waals surface area contributed by atoms with Crippen molar-refractivity contribution < 1.29 is 19.5 Å². The van der Waals surface area contributed by atoms with Crippen LogP contribution in [-0.2, 0) is 16.1 Å². The standard InChI is InChI=1S/C21H22N2O4S/c1-14(21(26)27)28-18-9-3-2-8-17(18)20(25)22-13-15-6-4-7-16(12-15)23-11-5-10-19(23)24/h2-4,6-9,12,14H,5,10-11,13H2,1H3,(H,22,25)(H,26,27). The van der Waals surface area contributed by atoms with Crippen molar-refractivity contribution in [1.82, 2.24) is 5.32 Å². The van der Waals surface area contributed by atoms with Gasteiger partial charge in [-0.1, -0.05) is 24.3 Å². The zero-order valence-electron chi connectivity index (χ0n) is 15.6. The number of hydrogen-bond donors (Lipinski definition) is 2. The molecule has 2 aromatic rings. The summed E-state index contributed by atoms with van der Waals surface area (Å²) in [7, 11) is 0. The summed E-state index contributed by atoms with van der Waals surface area (Å²) in [6.45, 7) is 2.63. The smallest absolute Gasteiger partial charge is 0.316 e. The van der Waals surface area contributed by atoms with Gasteiger partial charge in [-0.2, -0.15) is 0 Å². The number of benzene rings is 2. The van der Waals surface area contributed by atoms with Gasteiger partial charge < -0.3 is 15.3 Å². The molecular weight excluding hydrogens is 376 g/mol. The zero-order valence-corrected chi connectivity index (χ0v) is 16.4. The lowest BCUT2D eigenvalue weighted by atomic mass is 10.1. The van der Waals surface area contributed by atoms with Crippen molar-refractivity contribution in [1.29, 1.82) is 0 Å². The molecule has 1 aliphatic heterocycles. The van der Waals surface area contributed by atoms with Gasteiger partial charge in [0.2, 0.25) is 5.91 Å². The number of aliphatic carboxylic acids is 1. The van der Waals surface area contributed by atoms with Gasteiger partial charge in [-0.3, -0.25) is 14.4 Å². The second-order valence-electron chi connectivity index (χ2n) is 6.60. The van der Waals surface area contributed by atoms with Gasteiger partial charge in [-0.05, 0) is 43.2 Å². The first-order valence-electron chi connectivity index (χ1n) is 9.11. The SMILES string of the molecule is CC(Sc1ccccc1C(=O)NCc1cccc(N2CCCC2=O)c1)C(=O)O. The Kier molecular flexibility index (Phi) is 6.36. The molecule has 1 aliphatic rings. The van der Waals surface area contributed by atoms with E-state index in [1.54, 1.807) is 36.1 Å². The first kappa shape index (κ1) is 19.9. The average Bonchev–Trinajstić information content (AvgIpc) is 3.12. The van der Waals surface area contributed by atoms with Crippen LogP contribution >= 0.6 is 11.8 Å². The molecule has 2 amide bonds. The zero-order chi connectivity index (χ0) is 20.1. The van der Waals surface area contributed by atoms with E-state index >= 15 is 0 Å². The third kappa shape index (κ3) is 4.72. The summed E-state index contributed by atoms with van der Waals surface area (Å²) in [4.78, 5) is 38.1. The second kappa shape index (κ2) is 8.93. The Balaban J connectivity index is 1.68. The van der Waals surface area contributed by atoms with Gasteiger partial charge in [-0.15, -0.1) is 11.8 Å². The van der Waals surface area contributed by atoms with Crippen LogP contribution in [0, 0.1) is 0 Å². The molecule has 3 rings (SSSR count). The summed E-state index contributed by atoms with van der Waals surface area (Å²) in [6, 6.07) is 14.6. The monoisotopic (exact) mass is 398 g/mol. The van der Waals surface area contributed by atoms with Crippen molar-refractivity contribution in [3.63, 3.8) is 0 Å². The molecule has 1 saturated heterocycles. The van der Waals surface area contributed by atoms with Gasteiger partial charge >= 0.3 is 5.97 Å². The number of carbonyl (C=O) groups excluding carboxylic acids is 2. The third-order valence-corrected chi connectivity index (χ3v) is 5.70. The van der Waals surface area contributed by atoms with Gasteiger partial charge in [0.25, 0.3) is 5.91 Å². The molecule has 146 valence electrons. The minimum atomic E-state index is -0.923. The highest BCUT2D eigenvalue weighted by molar-refractivity contribution is 8.00. The maximum atomic E-state index is 12.6. The molecule has 0 spiro atoms. The fraction of sp³-hybridized carbons (Fsp3) is 0.286. The number of carbonyl (C=O) groups is 3. The largest absolute Gasteiger partial charge is 0.480 e. The van der Waals surface area contributed by atoms with E-state index in [-0.39, 0.29) is 11.8 Å². The lowest BCUT2D eigenvalue weighted by Crippen LogP contribution is -2.25. The Morgan fingerprint density at radius 3 is 2.71 bits per heavy atom. The van der Waals surface area contributed by atoms with E-state index in [1.807, 2.05) is 24.3 Å². The minimum Gasteiger partial charge on any atom is -0.480 e. The van der Waals surface area contributed by atoms with Crippen LogP contribution in [0.25, 0.3) is 0 Å². The van der Waals surface area contributed by atoms with Crippen molar-refractivity contribution in [2.24, 2.45) is 0 Å². The van der Waals surface area contributed by atoms with Crippen LogP contribution in [0.3, 0.4) is 0 Å². The third-order valence-electron chi connectivity index (χ3n) is 4.53. The van der Waals surface area contributed by atoms with E-state index in [0.717, 1.165) is 36.0 Å². The number of nitrogens with zero attached hydrogens (tertiary/aromatic N) is 1. The predicted octanol–water partition coefficient (Wildman–Crippen LogP) is 3.31. The van der Waals surface area contributed by atoms with Crippen LogP contribution in [-0.4, -0.2) is 34.7 Å². The van der Waals surface area contributed by atoms with Crippen molar-refractivity contribution in [3.8, 4) is 0 Å². The maximum Gasteiger partial charge on any atom is 0.316 e. The van der Waals surface area contributed by atoms with Crippen molar-refractivity contribution in [2.75, 3.05) is 11.4 Å². The lowest BCUT2D eigenvalue weighted by molar-refractivity contribution is -0.136. The molecule has 0 aliphatic carbocycles. The fourth-order valence-electron chi connectivity index (χ4n) is 3.03. The van der Waals surface area contributed by atoms with Gasteiger partial charge in [-0.25, -0.2) is 0 Å². The van der Waals surface area contributed by atoms with Crippen molar-refractivity contribution in [2.45, 2.75) is 36.5 Å². The van der Waals surface area contributed by atoms with E-state index < -0.39 is 11.2 Å². The highest BCUT2D eigenvalue weighted by Crippen LogP contribution is 2.27. The number of amides is 2. The maximum absolute atomic E-state index is 12.6. The number of carboxylic acids is 1. The summed E-state index contributed by atoms with van der Waals surface area (Å²) in [5.41, 5.74) is 2.20. The highest BCUT2D eigenvalue weighted by atomic mass is 32.2. The lowest BCUT2D eigenvalue weighted by Gasteiger charge is -2.17. The summed E-state index contributed by atoms with van der Waals surface area (Å²) in [6.07, 6.45) is 1.44. The van der Waals surface area contributed by atoms with Gasteiger partial charge in [0, 0.05) is 30.1 Å². The molecule has 1 fully saturated rings. The Bertz CT molecular complexity index is 899. The van der Waals surface area contributed by atoms with Crippen LogP contribution in [0.15, 0.2) is 53.4 Å². The molecule has 7 heteroatoms. The number of carboxylic acid groups (broad SMARTS) is 1. The molecule has 1 atom stereocenters. The predicted molar refractivity (Wildman–Crippen MR) is 109 cm³/mol. The van der Waals surface area contributed by atoms with Gasteiger partial charge in [0.1, 0.15) is 5.25 Å². The van der Waals surface area contributed by atoms with Crippen LogP contribution in [0.4, 0.5) is 5.69 Å². The molecule has 0 radical (unpaired) electrons. The molecule has 28 heavy (non-hydrogen) atoms. The van der Waals surface area contributed by atoms with Crippen molar-refractivity contribution >= 4 is 35.2 Å². The number of thioether (sulfide) groups is 1. The van der Waals surface area contributed by atoms with Crippen molar-refractivity contribution in [3.05, 3.63) is 59.7 Å². The molecule has 1 heterocycles. The average molecular weight is 398 g/mol. The molecular formula is C21H22N2O4S. The first-order valence-corrected chi connectivity index (χ1v) is 9.99. The Morgan fingerprint density at radius 2 is 2.00 bits per heavy atom.